The monoisotopic (exact) mass is 168 g/mol. The van der Waals surface area contributed by atoms with Crippen LogP contribution >= 0.6 is 0 Å². The van der Waals surface area contributed by atoms with Crippen molar-refractivity contribution in [2.75, 3.05) is 0 Å². The average Bonchev–Trinajstić information content (AvgIpc) is 2.09. The third kappa shape index (κ3) is 2.53. The molecule has 0 bridgehead atoms. The van der Waals surface area contributed by atoms with E-state index in [1.807, 2.05) is 0 Å². The van der Waals surface area contributed by atoms with Gasteiger partial charge in [-0.15, -0.1) is 0 Å². The Labute approximate surface area is 69.2 Å². The van der Waals surface area contributed by atoms with Crippen LogP contribution in [0, 0.1) is 5.82 Å². The van der Waals surface area contributed by atoms with E-state index in [9.17, 15) is 4.39 Å². The van der Waals surface area contributed by atoms with Crippen molar-refractivity contribution in [2.45, 2.75) is 6.54 Å². The Morgan fingerprint density at radius 3 is 2.58 bits per heavy atom. The molecule has 0 aliphatic rings. The third-order valence-electron chi connectivity index (χ3n) is 1.32. The van der Waals surface area contributed by atoms with Gasteiger partial charge in [-0.25, -0.2) is 4.39 Å². The predicted molar refractivity (Wildman–Crippen MR) is 42.3 cm³/mol. The van der Waals surface area contributed by atoms with Crippen LogP contribution in [0.5, 0.6) is 0 Å². The zero-order chi connectivity index (χ0) is 8.81. The van der Waals surface area contributed by atoms with Crippen LogP contribution < -0.4 is 11.3 Å². The van der Waals surface area contributed by atoms with Gasteiger partial charge >= 0.3 is 0 Å². The first-order valence-corrected chi connectivity index (χ1v) is 3.40. The van der Waals surface area contributed by atoms with Crippen LogP contribution in [0.3, 0.4) is 0 Å². The fourth-order valence-corrected chi connectivity index (χ4v) is 0.770. The smallest absolute Gasteiger partial charge is 0.123 e. The number of hydrogen-bond donors (Lipinski definition) is 2. The topological polar surface area (TPSA) is 62.8 Å². The van der Waals surface area contributed by atoms with Crippen molar-refractivity contribution in [3.05, 3.63) is 35.6 Å². The van der Waals surface area contributed by atoms with Crippen molar-refractivity contribution in [1.29, 1.82) is 0 Å². The molecule has 0 spiro atoms. The van der Waals surface area contributed by atoms with Crippen LogP contribution in [-0.4, -0.2) is 0 Å². The number of nitrogens with zero attached hydrogens (tertiary/aromatic N) is 2. The molecular formula is C7H9FN4. The van der Waals surface area contributed by atoms with Crippen molar-refractivity contribution in [1.82, 2.24) is 5.43 Å². The lowest BCUT2D eigenvalue weighted by Gasteiger charge is -1.98. The molecule has 64 valence electrons. The highest BCUT2D eigenvalue weighted by molar-refractivity contribution is 5.15. The van der Waals surface area contributed by atoms with E-state index in [0.29, 0.717) is 6.54 Å². The van der Waals surface area contributed by atoms with Gasteiger partial charge in [0.1, 0.15) is 5.82 Å². The Kier molecular flexibility index (Phi) is 3.01. The summed E-state index contributed by atoms with van der Waals surface area (Å²) in [5.74, 6) is 4.50. The molecule has 1 aromatic carbocycles. The van der Waals surface area contributed by atoms with Crippen LogP contribution in [0.25, 0.3) is 0 Å². The highest BCUT2D eigenvalue weighted by Gasteiger charge is 1.91. The van der Waals surface area contributed by atoms with E-state index < -0.39 is 0 Å². The molecular weight excluding hydrogens is 159 g/mol. The van der Waals surface area contributed by atoms with E-state index in [4.69, 9.17) is 5.84 Å². The Hall–Kier alpha value is -1.65. The Balaban J connectivity index is 2.47. The Morgan fingerprint density at radius 2 is 2.00 bits per heavy atom. The number of halogens is 1. The summed E-state index contributed by atoms with van der Waals surface area (Å²) >= 11 is 0. The zero-order valence-corrected chi connectivity index (χ0v) is 6.37. The highest BCUT2D eigenvalue weighted by atomic mass is 19.1. The first kappa shape index (κ1) is 8.45. The van der Waals surface area contributed by atoms with Crippen molar-refractivity contribution < 1.29 is 4.39 Å². The minimum Gasteiger partial charge on any atom is -0.303 e. The fourth-order valence-electron chi connectivity index (χ4n) is 0.770. The van der Waals surface area contributed by atoms with Gasteiger partial charge in [-0.1, -0.05) is 22.6 Å². The molecule has 12 heavy (non-hydrogen) atoms. The molecule has 0 aliphatic heterocycles. The SMILES string of the molecule is N/N=N\NCc1ccc(F)cc1. The molecule has 1 aromatic rings. The number of hydrogen-bond acceptors (Lipinski definition) is 2. The quantitative estimate of drug-likeness (QED) is 0.404. The van der Waals surface area contributed by atoms with Gasteiger partial charge in [0.2, 0.25) is 0 Å². The summed E-state index contributed by atoms with van der Waals surface area (Å²) in [6.45, 7) is 0.487. The standard InChI is InChI=1S/C7H9FN4/c8-7-3-1-6(2-4-7)5-10-12-11-9/h1-4H,5H2,(H2,9,12)(H,10,11). The van der Waals surface area contributed by atoms with Crippen molar-refractivity contribution in [2.24, 2.45) is 16.3 Å². The average molecular weight is 168 g/mol. The lowest BCUT2D eigenvalue weighted by molar-refractivity contribution is 0.624. The molecule has 1 rings (SSSR count). The van der Waals surface area contributed by atoms with Gasteiger partial charge in [0.15, 0.2) is 0 Å². The predicted octanol–water partition coefficient (Wildman–Crippen LogP) is 1.16. The van der Waals surface area contributed by atoms with Crippen molar-refractivity contribution in [3.63, 3.8) is 0 Å². The van der Waals surface area contributed by atoms with E-state index in [-0.39, 0.29) is 5.82 Å². The van der Waals surface area contributed by atoms with E-state index >= 15 is 0 Å². The zero-order valence-electron chi connectivity index (χ0n) is 6.37. The van der Waals surface area contributed by atoms with Crippen LogP contribution in [0.15, 0.2) is 34.7 Å². The molecule has 5 heteroatoms. The van der Waals surface area contributed by atoms with Gasteiger partial charge in [-0.2, -0.15) is 0 Å². The van der Waals surface area contributed by atoms with E-state index in [1.54, 1.807) is 12.1 Å². The second kappa shape index (κ2) is 4.27. The molecule has 0 radical (unpaired) electrons. The number of benzene rings is 1. The number of rotatable bonds is 3. The molecule has 0 fully saturated rings. The van der Waals surface area contributed by atoms with Gasteiger partial charge < -0.3 is 5.84 Å². The number of nitrogens with one attached hydrogen (secondary N) is 1. The van der Waals surface area contributed by atoms with Crippen LogP contribution in [0.2, 0.25) is 0 Å². The molecule has 0 aliphatic carbocycles. The van der Waals surface area contributed by atoms with Crippen molar-refractivity contribution in [3.8, 4) is 0 Å². The maximum absolute atomic E-state index is 12.4. The van der Waals surface area contributed by atoms with Gasteiger partial charge in [0, 0.05) is 0 Å². The Morgan fingerprint density at radius 1 is 1.33 bits per heavy atom. The summed E-state index contributed by atoms with van der Waals surface area (Å²) in [4.78, 5) is 0. The largest absolute Gasteiger partial charge is 0.303 e. The molecule has 4 nitrogen and oxygen atoms in total. The Bertz CT molecular complexity index is 257. The van der Waals surface area contributed by atoms with Gasteiger partial charge in [-0.3, -0.25) is 5.43 Å². The fraction of sp³-hybridized carbons (Fsp3) is 0.143. The molecule has 0 heterocycles. The summed E-state index contributed by atoms with van der Waals surface area (Å²) in [5.41, 5.74) is 3.50. The minimum absolute atomic E-state index is 0.251. The van der Waals surface area contributed by atoms with Gasteiger partial charge in [-0.05, 0) is 17.7 Å². The third-order valence-corrected chi connectivity index (χ3v) is 1.32. The normalized spacial score (nSPS) is 10.4. The van der Waals surface area contributed by atoms with Crippen molar-refractivity contribution >= 4 is 0 Å². The maximum Gasteiger partial charge on any atom is 0.123 e. The minimum atomic E-state index is -0.251. The van der Waals surface area contributed by atoms with E-state index in [1.165, 1.54) is 12.1 Å². The van der Waals surface area contributed by atoms with Crippen LogP contribution in [-0.2, 0) is 6.54 Å². The summed E-state index contributed by atoms with van der Waals surface area (Å²) in [7, 11) is 0. The first-order valence-electron chi connectivity index (χ1n) is 3.40. The molecule has 0 amide bonds. The lowest BCUT2D eigenvalue weighted by atomic mass is 10.2. The van der Waals surface area contributed by atoms with Gasteiger partial charge in [0.25, 0.3) is 0 Å². The van der Waals surface area contributed by atoms with E-state index in [0.717, 1.165) is 5.56 Å². The molecule has 3 N–H and O–H groups in total. The lowest BCUT2D eigenvalue weighted by Crippen LogP contribution is -2.04. The second-order valence-corrected chi connectivity index (χ2v) is 2.18. The summed E-state index contributed by atoms with van der Waals surface area (Å²) in [6, 6.07) is 6.09. The van der Waals surface area contributed by atoms with Crippen LogP contribution in [0.1, 0.15) is 5.56 Å². The van der Waals surface area contributed by atoms with E-state index in [2.05, 4.69) is 15.9 Å². The molecule has 0 saturated heterocycles. The van der Waals surface area contributed by atoms with Gasteiger partial charge in [0.05, 0.1) is 6.54 Å². The number of nitrogens with two attached hydrogens (primary N) is 1. The molecule has 0 aromatic heterocycles. The summed E-state index contributed by atoms with van der Waals surface area (Å²) in [6.07, 6.45) is 0. The molecule has 0 unspecified atom stereocenters. The molecule has 0 atom stereocenters. The maximum atomic E-state index is 12.4. The summed E-state index contributed by atoms with van der Waals surface area (Å²) in [5, 5.41) is 6.36. The van der Waals surface area contributed by atoms with Crippen LogP contribution in [0.4, 0.5) is 4.39 Å². The molecule has 0 saturated carbocycles. The first-order chi connectivity index (χ1) is 5.83. The second-order valence-electron chi connectivity index (χ2n) is 2.18. The highest BCUT2D eigenvalue weighted by Crippen LogP contribution is 2.01. The summed E-state index contributed by atoms with van der Waals surface area (Å²) < 4.78 is 12.4.